The van der Waals surface area contributed by atoms with Crippen molar-refractivity contribution < 1.29 is 40.2 Å². The molecule has 1 aliphatic heterocycles. The Labute approximate surface area is 227 Å². The molecule has 0 radical (unpaired) electrons. The molecular formula is C26H23ClF4N2O5S. The molecule has 0 unspecified atom stereocenters. The van der Waals surface area contributed by atoms with Gasteiger partial charge >= 0.3 is 6.18 Å². The molecule has 0 fully saturated rings. The number of hydrogen-bond acceptors (Lipinski definition) is 5. The van der Waals surface area contributed by atoms with Crippen molar-refractivity contribution in [2.45, 2.75) is 23.6 Å². The van der Waals surface area contributed by atoms with Crippen LogP contribution in [0.4, 0.5) is 23.2 Å². The predicted molar refractivity (Wildman–Crippen MR) is 137 cm³/mol. The first-order valence-electron chi connectivity index (χ1n) is 11.6. The van der Waals surface area contributed by atoms with Crippen molar-refractivity contribution in [1.82, 2.24) is 5.32 Å². The van der Waals surface area contributed by atoms with Gasteiger partial charge in [-0.25, -0.2) is 12.8 Å². The summed E-state index contributed by atoms with van der Waals surface area (Å²) in [6.07, 6.45) is -5.55. The molecule has 3 aromatic carbocycles. The Morgan fingerprint density at radius 1 is 1.15 bits per heavy atom. The molecule has 39 heavy (non-hydrogen) atoms. The Kier molecular flexibility index (Phi) is 8.38. The number of benzene rings is 3. The Morgan fingerprint density at radius 3 is 2.62 bits per heavy atom. The minimum Gasteiger partial charge on any atom is -0.484 e. The molecule has 7 nitrogen and oxygen atoms in total. The van der Waals surface area contributed by atoms with E-state index >= 15 is 0 Å². The number of carbonyl (C=O) groups is 1. The lowest BCUT2D eigenvalue weighted by molar-refractivity contribution is -0.137. The van der Waals surface area contributed by atoms with Gasteiger partial charge in [-0.2, -0.15) is 13.2 Å². The van der Waals surface area contributed by atoms with Gasteiger partial charge in [0.15, 0.2) is 0 Å². The maximum Gasteiger partial charge on any atom is 0.416 e. The number of sulfonamides is 1. The lowest BCUT2D eigenvalue weighted by Gasteiger charge is -2.36. The number of amides is 1. The van der Waals surface area contributed by atoms with Gasteiger partial charge in [-0.05, 0) is 42.0 Å². The summed E-state index contributed by atoms with van der Waals surface area (Å²) in [5.41, 5.74) is -0.465. The van der Waals surface area contributed by atoms with E-state index in [1.165, 1.54) is 31.4 Å². The van der Waals surface area contributed by atoms with Crippen LogP contribution in [0.2, 0.25) is 5.02 Å². The molecule has 1 aliphatic rings. The normalized spacial score (nSPS) is 15.4. The minimum atomic E-state index is -4.76. The van der Waals surface area contributed by atoms with Crippen LogP contribution in [-0.4, -0.2) is 47.2 Å². The monoisotopic (exact) mass is 586 g/mol. The average Bonchev–Trinajstić information content (AvgIpc) is 2.91. The molecule has 0 aliphatic carbocycles. The number of hydrogen-bond donors (Lipinski definition) is 1. The van der Waals surface area contributed by atoms with Crippen LogP contribution in [0.3, 0.4) is 0 Å². The molecule has 0 aromatic heterocycles. The highest BCUT2D eigenvalue weighted by atomic mass is 35.5. The number of nitrogens with zero attached hydrogens (tertiary/aromatic N) is 1. The van der Waals surface area contributed by atoms with Gasteiger partial charge < -0.3 is 14.8 Å². The fourth-order valence-electron chi connectivity index (χ4n) is 4.01. The van der Waals surface area contributed by atoms with Gasteiger partial charge in [0.1, 0.15) is 17.7 Å². The molecule has 1 amide bonds. The predicted octanol–water partition coefficient (Wildman–Crippen LogP) is 5.27. The second kappa shape index (κ2) is 11.4. The second-order valence-electron chi connectivity index (χ2n) is 8.63. The van der Waals surface area contributed by atoms with Crippen LogP contribution in [0, 0.1) is 5.82 Å². The summed E-state index contributed by atoms with van der Waals surface area (Å²) >= 11 is 6.13. The summed E-state index contributed by atoms with van der Waals surface area (Å²) in [7, 11) is -3.11. The summed E-state index contributed by atoms with van der Waals surface area (Å²) in [6, 6.07) is 12.0. The van der Waals surface area contributed by atoms with E-state index in [2.05, 4.69) is 5.32 Å². The number of ether oxygens (including phenoxy) is 2. The zero-order valence-corrected chi connectivity index (χ0v) is 22.0. The molecule has 13 heteroatoms. The molecule has 0 saturated carbocycles. The molecule has 1 N–H and O–H groups in total. The summed E-state index contributed by atoms with van der Waals surface area (Å²) in [4.78, 5) is 11.5. The fraction of sp³-hybridized carbons (Fsp3) is 0.269. The highest BCUT2D eigenvalue weighted by Crippen LogP contribution is 2.42. The number of anilines is 1. The third-order valence-electron chi connectivity index (χ3n) is 5.96. The molecule has 3 aromatic rings. The van der Waals surface area contributed by atoms with Gasteiger partial charge in [0, 0.05) is 19.1 Å². The Hall–Kier alpha value is -3.35. The van der Waals surface area contributed by atoms with E-state index in [0.717, 1.165) is 22.5 Å². The number of carbonyl (C=O) groups excluding carboxylic acids is 1. The number of alkyl halides is 3. The standard InChI is InChI=1S/C26H23ClF4N2O5S/c1-37-11-10-24(34)32-14-18-15-33(39(35,36)19-5-2-4-17(13-19)26(29,30)31)22-12-16(8-9-23(22)38-18)20-6-3-7-21(28)25(20)27/h2-9,12-13,18H,10-11,14-15H2,1H3,(H,32,34)/t18-/m0/s1. The van der Waals surface area contributed by atoms with E-state index in [0.29, 0.717) is 11.6 Å². The van der Waals surface area contributed by atoms with Crippen molar-refractivity contribution in [2.75, 3.05) is 31.1 Å². The number of rotatable bonds is 8. The van der Waals surface area contributed by atoms with Crippen molar-refractivity contribution in [3.63, 3.8) is 0 Å². The van der Waals surface area contributed by atoms with Crippen molar-refractivity contribution in [3.05, 3.63) is 77.1 Å². The first-order valence-corrected chi connectivity index (χ1v) is 13.4. The Morgan fingerprint density at radius 2 is 1.90 bits per heavy atom. The zero-order valence-electron chi connectivity index (χ0n) is 20.5. The van der Waals surface area contributed by atoms with Crippen molar-refractivity contribution in [2.24, 2.45) is 0 Å². The maximum atomic E-state index is 14.1. The van der Waals surface area contributed by atoms with Gasteiger partial charge in [0.25, 0.3) is 10.0 Å². The van der Waals surface area contributed by atoms with Crippen LogP contribution in [0.15, 0.2) is 65.6 Å². The van der Waals surface area contributed by atoms with Gasteiger partial charge in [-0.1, -0.05) is 35.9 Å². The Bertz CT molecular complexity index is 1480. The molecule has 1 heterocycles. The molecule has 0 spiro atoms. The SMILES string of the molecule is COCCC(=O)NC[C@H]1CN(S(=O)(=O)c2cccc(C(F)(F)F)c2)c2cc(-c3cccc(F)c3Cl)ccc2O1. The van der Waals surface area contributed by atoms with Gasteiger partial charge in [-0.3, -0.25) is 9.10 Å². The van der Waals surface area contributed by atoms with Crippen LogP contribution < -0.4 is 14.4 Å². The first-order chi connectivity index (χ1) is 18.4. The van der Waals surface area contributed by atoms with Gasteiger partial charge in [0.2, 0.25) is 5.91 Å². The van der Waals surface area contributed by atoms with Crippen LogP contribution in [-0.2, 0) is 25.7 Å². The fourth-order valence-corrected chi connectivity index (χ4v) is 5.79. The number of fused-ring (bicyclic) bond motifs is 1. The molecule has 0 saturated heterocycles. The quantitative estimate of drug-likeness (QED) is 0.363. The van der Waals surface area contributed by atoms with Crippen LogP contribution in [0.1, 0.15) is 12.0 Å². The highest BCUT2D eigenvalue weighted by molar-refractivity contribution is 7.92. The van der Waals surface area contributed by atoms with Crippen LogP contribution >= 0.6 is 11.6 Å². The van der Waals surface area contributed by atoms with Crippen molar-refractivity contribution in [1.29, 1.82) is 0 Å². The van der Waals surface area contributed by atoms with E-state index in [9.17, 15) is 30.8 Å². The van der Waals surface area contributed by atoms with E-state index in [1.54, 1.807) is 12.1 Å². The van der Waals surface area contributed by atoms with Gasteiger partial charge in [-0.15, -0.1) is 0 Å². The largest absolute Gasteiger partial charge is 0.484 e. The molecular weight excluding hydrogens is 564 g/mol. The summed E-state index contributed by atoms with van der Waals surface area (Å²) in [5.74, 6) is -0.931. The van der Waals surface area contributed by atoms with Crippen molar-refractivity contribution >= 4 is 33.2 Å². The topological polar surface area (TPSA) is 84.9 Å². The van der Waals surface area contributed by atoms with E-state index < -0.39 is 38.6 Å². The third-order valence-corrected chi connectivity index (χ3v) is 8.12. The van der Waals surface area contributed by atoms with Crippen LogP contribution in [0.25, 0.3) is 11.1 Å². The average molecular weight is 587 g/mol. The first kappa shape index (κ1) is 28.7. The lowest BCUT2D eigenvalue weighted by atomic mass is 10.0. The highest BCUT2D eigenvalue weighted by Gasteiger charge is 2.37. The zero-order chi connectivity index (χ0) is 28.4. The number of nitrogens with one attached hydrogen (secondary N) is 1. The molecule has 4 rings (SSSR count). The molecule has 0 bridgehead atoms. The Balaban J connectivity index is 1.76. The van der Waals surface area contributed by atoms with Crippen molar-refractivity contribution in [3.8, 4) is 16.9 Å². The second-order valence-corrected chi connectivity index (χ2v) is 10.9. The van der Waals surface area contributed by atoms with Gasteiger partial charge in [0.05, 0.1) is 40.9 Å². The molecule has 1 atom stereocenters. The summed E-state index contributed by atoms with van der Waals surface area (Å²) in [6.45, 7) is -0.216. The summed E-state index contributed by atoms with van der Waals surface area (Å²) < 4.78 is 93.4. The number of halogens is 5. The van der Waals surface area contributed by atoms with E-state index in [4.69, 9.17) is 21.1 Å². The smallest absolute Gasteiger partial charge is 0.416 e. The minimum absolute atomic E-state index is 0.0206. The molecule has 208 valence electrons. The van der Waals surface area contributed by atoms with E-state index in [1.807, 2.05) is 0 Å². The maximum absolute atomic E-state index is 14.1. The number of methoxy groups -OCH3 is 1. The van der Waals surface area contributed by atoms with E-state index in [-0.39, 0.29) is 54.0 Å². The van der Waals surface area contributed by atoms with Crippen LogP contribution in [0.5, 0.6) is 5.75 Å². The third kappa shape index (κ3) is 6.29. The lowest BCUT2D eigenvalue weighted by Crippen LogP contribution is -2.48. The summed E-state index contributed by atoms with van der Waals surface area (Å²) in [5, 5.41) is 2.45.